The van der Waals surface area contributed by atoms with E-state index in [4.69, 9.17) is 9.47 Å². The Labute approximate surface area is 113 Å². The van der Waals surface area contributed by atoms with Crippen molar-refractivity contribution in [2.75, 3.05) is 6.61 Å². The molecule has 3 heteroatoms. The van der Waals surface area contributed by atoms with E-state index in [0.717, 1.165) is 11.3 Å². The Morgan fingerprint density at radius 3 is 2.32 bits per heavy atom. The van der Waals surface area contributed by atoms with Gasteiger partial charge in [-0.2, -0.15) is 0 Å². The number of aliphatic hydroxyl groups is 1. The summed E-state index contributed by atoms with van der Waals surface area (Å²) in [4.78, 5) is 0. The molecule has 100 valence electrons. The second-order valence-corrected chi connectivity index (χ2v) is 4.41. The molecule has 0 saturated heterocycles. The van der Waals surface area contributed by atoms with Crippen molar-refractivity contribution in [1.29, 1.82) is 0 Å². The molecule has 0 heterocycles. The Balaban J connectivity index is 1.91. The summed E-state index contributed by atoms with van der Waals surface area (Å²) in [5.41, 5.74) is 1.12. The number of benzene rings is 2. The third-order valence-corrected chi connectivity index (χ3v) is 2.55. The standard InChI is InChI=1S/C16H18O3/c1-13(17)11-18-15-8-5-9-16(10-15)19-12-14-6-3-2-4-7-14/h2-10,13,17H,11-12H2,1H3/t13-/m0/s1. The smallest absolute Gasteiger partial charge is 0.123 e. The summed E-state index contributed by atoms with van der Waals surface area (Å²) in [6.45, 7) is 2.50. The zero-order chi connectivity index (χ0) is 13.5. The molecule has 1 atom stereocenters. The monoisotopic (exact) mass is 258 g/mol. The van der Waals surface area contributed by atoms with Crippen LogP contribution in [-0.4, -0.2) is 17.8 Å². The molecule has 0 aliphatic carbocycles. The maximum absolute atomic E-state index is 9.18. The fourth-order valence-corrected chi connectivity index (χ4v) is 1.61. The van der Waals surface area contributed by atoms with Crippen LogP contribution in [0.15, 0.2) is 54.6 Å². The SMILES string of the molecule is C[C@H](O)COc1cccc(OCc2ccccc2)c1. The highest BCUT2D eigenvalue weighted by Gasteiger charge is 2.01. The van der Waals surface area contributed by atoms with Crippen LogP contribution in [0.3, 0.4) is 0 Å². The van der Waals surface area contributed by atoms with Crippen LogP contribution >= 0.6 is 0 Å². The van der Waals surface area contributed by atoms with Crippen LogP contribution in [0.1, 0.15) is 12.5 Å². The van der Waals surface area contributed by atoms with Crippen molar-refractivity contribution in [2.45, 2.75) is 19.6 Å². The van der Waals surface area contributed by atoms with Crippen molar-refractivity contribution in [3.8, 4) is 11.5 Å². The summed E-state index contributed by atoms with van der Waals surface area (Å²) in [6.07, 6.45) is -0.478. The molecule has 0 radical (unpaired) electrons. The van der Waals surface area contributed by atoms with Gasteiger partial charge in [0.15, 0.2) is 0 Å². The summed E-state index contributed by atoms with van der Waals surface area (Å²) in [5, 5.41) is 9.18. The van der Waals surface area contributed by atoms with Crippen LogP contribution in [0.2, 0.25) is 0 Å². The summed E-state index contributed by atoms with van der Waals surface area (Å²) in [7, 11) is 0. The van der Waals surface area contributed by atoms with E-state index >= 15 is 0 Å². The van der Waals surface area contributed by atoms with Crippen LogP contribution in [0.25, 0.3) is 0 Å². The van der Waals surface area contributed by atoms with E-state index in [9.17, 15) is 5.11 Å². The van der Waals surface area contributed by atoms with E-state index in [-0.39, 0.29) is 6.61 Å². The Kier molecular flexibility index (Phi) is 4.81. The second kappa shape index (κ2) is 6.81. The van der Waals surface area contributed by atoms with Gasteiger partial charge >= 0.3 is 0 Å². The molecule has 2 aromatic carbocycles. The molecule has 0 saturated carbocycles. The molecule has 0 bridgehead atoms. The lowest BCUT2D eigenvalue weighted by Crippen LogP contribution is -2.12. The first kappa shape index (κ1) is 13.4. The van der Waals surface area contributed by atoms with Crippen molar-refractivity contribution >= 4 is 0 Å². The van der Waals surface area contributed by atoms with Crippen molar-refractivity contribution in [3.63, 3.8) is 0 Å². The molecule has 0 aliphatic heterocycles. The Bertz CT molecular complexity index is 494. The van der Waals surface area contributed by atoms with Crippen LogP contribution < -0.4 is 9.47 Å². The van der Waals surface area contributed by atoms with E-state index in [0.29, 0.717) is 12.4 Å². The lowest BCUT2D eigenvalue weighted by molar-refractivity contribution is 0.122. The number of aliphatic hydroxyl groups excluding tert-OH is 1. The van der Waals surface area contributed by atoms with Gasteiger partial charge in [-0.15, -0.1) is 0 Å². The Morgan fingerprint density at radius 2 is 1.63 bits per heavy atom. The maximum atomic E-state index is 9.18. The molecule has 0 fully saturated rings. The van der Waals surface area contributed by atoms with Gasteiger partial charge in [-0.25, -0.2) is 0 Å². The van der Waals surface area contributed by atoms with E-state index in [1.165, 1.54) is 0 Å². The maximum Gasteiger partial charge on any atom is 0.123 e. The minimum atomic E-state index is -0.478. The lowest BCUT2D eigenvalue weighted by Gasteiger charge is -2.10. The van der Waals surface area contributed by atoms with Gasteiger partial charge in [0, 0.05) is 6.07 Å². The number of hydrogen-bond donors (Lipinski definition) is 1. The molecular weight excluding hydrogens is 240 g/mol. The first-order valence-corrected chi connectivity index (χ1v) is 6.32. The highest BCUT2D eigenvalue weighted by molar-refractivity contribution is 5.33. The third-order valence-electron chi connectivity index (χ3n) is 2.55. The van der Waals surface area contributed by atoms with E-state index in [1.807, 2.05) is 54.6 Å². The molecule has 3 nitrogen and oxygen atoms in total. The normalized spacial score (nSPS) is 11.9. The van der Waals surface area contributed by atoms with Gasteiger partial charge in [0.2, 0.25) is 0 Å². The van der Waals surface area contributed by atoms with Crippen LogP contribution in [0, 0.1) is 0 Å². The topological polar surface area (TPSA) is 38.7 Å². The average Bonchev–Trinajstić information content (AvgIpc) is 2.44. The summed E-state index contributed by atoms with van der Waals surface area (Å²) in [6, 6.07) is 17.4. The van der Waals surface area contributed by atoms with Crippen molar-refractivity contribution in [1.82, 2.24) is 0 Å². The minimum Gasteiger partial charge on any atom is -0.491 e. The number of ether oxygens (including phenoxy) is 2. The van der Waals surface area contributed by atoms with Gasteiger partial charge in [-0.1, -0.05) is 36.4 Å². The van der Waals surface area contributed by atoms with Crippen LogP contribution in [0.4, 0.5) is 0 Å². The molecule has 2 rings (SSSR count). The predicted molar refractivity (Wildman–Crippen MR) is 74.4 cm³/mol. The molecule has 0 unspecified atom stereocenters. The van der Waals surface area contributed by atoms with Gasteiger partial charge in [-0.05, 0) is 24.6 Å². The summed E-state index contributed by atoms with van der Waals surface area (Å²) in [5.74, 6) is 1.46. The largest absolute Gasteiger partial charge is 0.491 e. The molecule has 0 spiro atoms. The van der Waals surface area contributed by atoms with Gasteiger partial charge < -0.3 is 14.6 Å². The molecule has 19 heavy (non-hydrogen) atoms. The lowest BCUT2D eigenvalue weighted by atomic mass is 10.2. The molecule has 1 N–H and O–H groups in total. The molecule has 0 aliphatic rings. The van der Waals surface area contributed by atoms with Crippen molar-refractivity contribution < 1.29 is 14.6 Å². The van der Waals surface area contributed by atoms with Gasteiger partial charge in [0.1, 0.15) is 24.7 Å². The van der Waals surface area contributed by atoms with Gasteiger partial charge in [0.25, 0.3) is 0 Å². The van der Waals surface area contributed by atoms with Crippen molar-refractivity contribution in [3.05, 3.63) is 60.2 Å². The van der Waals surface area contributed by atoms with Crippen LogP contribution in [0.5, 0.6) is 11.5 Å². The molecular formula is C16H18O3. The second-order valence-electron chi connectivity index (χ2n) is 4.41. The highest BCUT2D eigenvalue weighted by atomic mass is 16.5. The molecule has 0 aromatic heterocycles. The minimum absolute atomic E-state index is 0.280. The number of rotatable bonds is 6. The Morgan fingerprint density at radius 1 is 0.947 bits per heavy atom. The number of hydrogen-bond acceptors (Lipinski definition) is 3. The van der Waals surface area contributed by atoms with Crippen molar-refractivity contribution in [2.24, 2.45) is 0 Å². The first-order chi connectivity index (χ1) is 9.24. The highest BCUT2D eigenvalue weighted by Crippen LogP contribution is 2.20. The predicted octanol–water partition coefficient (Wildman–Crippen LogP) is 3.03. The first-order valence-electron chi connectivity index (χ1n) is 6.32. The zero-order valence-corrected chi connectivity index (χ0v) is 11.0. The van der Waals surface area contributed by atoms with Crippen LogP contribution in [-0.2, 0) is 6.61 Å². The molecule has 2 aromatic rings. The van der Waals surface area contributed by atoms with Gasteiger partial charge in [-0.3, -0.25) is 0 Å². The van der Waals surface area contributed by atoms with E-state index in [2.05, 4.69) is 0 Å². The third kappa shape index (κ3) is 4.64. The van der Waals surface area contributed by atoms with E-state index < -0.39 is 6.10 Å². The van der Waals surface area contributed by atoms with Gasteiger partial charge in [0.05, 0.1) is 6.10 Å². The zero-order valence-electron chi connectivity index (χ0n) is 11.0. The fraction of sp³-hybridized carbons (Fsp3) is 0.250. The van der Waals surface area contributed by atoms with E-state index in [1.54, 1.807) is 6.92 Å². The summed E-state index contributed by atoms with van der Waals surface area (Å²) >= 11 is 0. The average molecular weight is 258 g/mol. The molecule has 0 amide bonds. The Hall–Kier alpha value is -2.00. The fourth-order valence-electron chi connectivity index (χ4n) is 1.61. The summed E-state index contributed by atoms with van der Waals surface area (Å²) < 4.78 is 11.1. The quantitative estimate of drug-likeness (QED) is 0.865.